The first-order valence-electron chi connectivity index (χ1n) is 7.20. The first kappa shape index (κ1) is 19.7. The molecule has 0 heterocycles. The molecule has 0 bridgehead atoms. The lowest BCUT2D eigenvalue weighted by Crippen LogP contribution is -2.33. The molecule has 0 spiro atoms. The zero-order chi connectivity index (χ0) is 19.3. The molecule has 10 heteroatoms. The number of phenols is 1. The molecule has 136 valence electrons. The molecule has 0 saturated heterocycles. The Morgan fingerprint density at radius 3 is 2.69 bits per heavy atom. The molecule has 8 nitrogen and oxygen atoms in total. The molecule has 0 aliphatic rings. The van der Waals surface area contributed by atoms with Crippen LogP contribution in [0.25, 0.3) is 0 Å². The monoisotopic (exact) mass is 441 g/mol. The maximum Gasteiger partial charge on any atom is 0.312 e. The van der Waals surface area contributed by atoms with Crippen LogP contribution >= 0.6 is 27.5 Å². The van der Waals surface area contributed by atoms with E-state index in [0.29, 0.717) is 15.2 Å². The highest BCUT2D eigenvalue weighted by Crippen LogP contribution is 2.32. The van der Waals surface area contributed by atoms with Gasteiger partial charge in [-0.2, -0.15) is 5.10 Å². The highest BCUT2D eigenvalue weighted by molar-refractivity contribution is 9.10. The summed E-state index contributed by atoms with van der Waals surface area (Å²) in [6.07, 6.45) is 0.249. The van der Waals surface area contributed by atoms with Gasteiger partial charge in [-0.1, -0.05) is 27.5 Å². The Kier molecular flexibility index (Phi) is 6.53. The zero-order valence-electron chi connectivity index (χ0n) is 13.3. The Morgan fingerprint density at radius 2 is 2.08 bits per heavy atom. The van der Waals surface area contributed by atoms with Gasteiger partial charge in [0, 0.05) is 21.1 Å². The average molecular weight is 443 g/mol. The van der Waals surface area contributed by atoms with Crippen molar-refractivity contribution in [2.24, 2.45) is 5.10 Å². The second kappa shape index (κ2) is 8.63. The van der Waals surface area contributed by atoms with Crippen molar-refractivity contribution in [2.45, 2.75) is 13.0 Å². The molecule has 26 heavy (non-hydrogen) atoms. The number of aromatic hydroxyl groups is 1. The van der Waals surface area contributed by atoms with Gasteiger partial charge >= 0.3 is 5.69 Å². The maximum atomic E-state index is 12.0. The number of halogens is 2. The molecule has 1 unspecified atom stereocenters. The smallest absolute Gasteiger partial charge is 0.312 e. The van der Waals surface area contributed by atoms with Crippen molar-refractivity contribution in [3.63, 3.8) is 0 Å². The summed E-state index contributed by atoms with van der Waals surface area (Å²) in [7, 11) is 0. The van der Waals surface area contributed by atoms with Crippen LogP contribution in [0, 0.1) is 10.1 Å². The van der Waals surface area contributed by atoms with Gasteiger partial charge in [-0.05, 0) is 37.3 Å². The largest absolute Gasteiger partial charge is 0.502 e. The van der Waals surface area contributed by atoms with E-state index in [-0.39, 0.29) is 5.56 Å². The summed E-state index contributed by atoms with van der Waals surface area (Å²) in [6, 6.07) is 9.08. The predicted octanol–water partition coefficient (Wildman–Crippen LogP) is 3.63. The number of ether oxygens (including phenoxy) is 1. The average Bonchev–Trinajstić information content (AvgIpc) is 2.59. The molecule has 2 N–H and O–H groups in total. The topological polar surface area (TPSA) is 114 Å². The van der Waals surface area contributed by atoms with Crippen molar-refractivity contribution in [3.05, 3.63) is 61.6 Å². The molecule has 2 aromatic carbocycles. The molecule has 1 atom stereocenters. The van der Waals surface area contributed by atoms with E-state index in [1.165, 1.54) is 13.0 Å². The second-order valence-corrected chi connectivity index (χ2v) is 6.42. The second-order valence-electron chi connectivity index (χ2n) is 5.07. The lowest BCUT2D eigenvalue weighted by Gasteiger charge is -2.12. The van der Waals surface area contributed by atoms with Gasteiger partial charge in [-0.25, -0.2) is 5.43 Å². The van der Waals surface area contributed by atoms with E-state index in [2.05, 4.69) is 26.5 Å². The van der Waals surface area contributed by atoms with Crippen molar-refractivity contribution in [3.8, 4) is 11.5 Å². The highest BCUT2D eigenvalue weighted by Gasteiger charge is 2.18. The first-order chi connectivity index (χ1) is 12.3. The first-order valence-corrected chi connectivity index (χ1v) is 8.37. The van der Waals surface area contributed by atoms with Crippen LogP contribution in [0.1, 0.15) is 12.5 Å². The number of hydrogen-bond acceptors (Lipinski definition) is 6. The third-order valence-corrected chi connectivity index (χ3v) is 3.86. The third kappa shape index (κ3) is 5.17. The van der Waals surface area contributed by atoms with E-state index >= 15 is 0 Å². The lowest BCUT2D eigenvalue weighted by molar-refractivity contribution is -0.385. The number of carbonyl (C=O) groups is 1. The van der Waals surface area contributed by atoms with Gasteiger partial charge in [-0.3, -0.25) is 14.9 Å². The molecule has 0 saturated carbocycles. The standard InChI is InChI=1S/C16H13BrClN3O5/c1-9(26-13-4-2-12(18)3-5-13)16(23)20-19-8-10-6-11(17)7-14(15(10)22)21(24)25/h2-9,22H,1H3,(H,20,23)/b19-8+. The third-order valence-electron chi connectivity index (χ3n) is 3.15. The van der Waals surface area contributed by atoms with Crippen molar-refractivity contribution in [1.82, 2.24) is 5.43 Å². The fourth-order valence-electron chi connectivity index (χ4n) is 1.87. The predicted molar refractivity (Wildman–Crippen MR) is 99.7 cm³/mol. The van der Waals surface area contributed by atoms with Crippen LogP contribution in [-0.4, -0.2) is 28.3 Å². The number of nitro benzene ring substituents is 1. The summed E-state index contributed by atoms with van der Waals surface area (Å²) in [5.74, 6) is -0.636. The number of amides is 1. The summed E-state index contributed by atoms with van der Waals surface area (Å²) in [4.78, 5) is 22.1. The Hall–Kier alpha value is -2.65. The number of hydrazone groups is 1. The number of carbonyl (C=O) groups excluding carboxylic acids is 1. The number of rotatable bonds is 6. The van der Waals surface area contributed by atoms with Crippen LogP contribution in [0.2, 0.25) is 5.02 Å². The van der Waals surface area contributed by atoms with E-state index in [0.717, 1.165) is 12.3 Å². The van der Waals surface area contributed by atoms with Gasteiger partial charge in [-0.15, -0.1) is 0 Å². The van der Waals surface area contributed by atoms with E-state index < -0.39 is 28.4 Å². The van der Waals surface area contributed by atoms with Crippen LogP contribution < -0.4 is 10.2 Å². The van der Waals surface area contributed by atoms with Crippen LogP contribution in [0.5, 0.6) is 11.5 Å². The SMILES string of the molecule is CC(Oc1ccc(Cl)cc1)C(=O)N/N=C/c1cc(Br)cc([N+](=O)[O-])c1O. The number of nitrogens with zero attached hydrogens (tertiary/aromatic N) is 2. The van der Waals surface area contributed by atoms with Crippen LogP contribution in [0.4, 0.5) is 5.69 Å². The minimum atomic E-state index is -0.848. The van der Waals surface area contributed by atoms with Crippen molar-refractivity contribution < 1.29 is 19.6 Å². The number of benzene rings is 2. The zero-order valence-corrected chi connectivity index (χ0v) is 15.7. The van der Waals surface area contributed by atoms with Gasteiger partial charge in [0.05, 0.1) is 11.1 Å². The molecular weight excluding hydrogens is 430 g/mol. The number of nitro groups is 1. The Labute approximate surface area is 161 Å². The van der Waals surface area contributed by atoms with Crippen LogP contribution in [0.15, 0.2) is 46.0 Å². The fourth-order valence-corrected chi connectivity index (χ4v) is 2.46. The van der Waals surface area contributed by atoms with Gasteiger partial charge < -0.3 is 9.84 Å². The molecule has 0 aromatic heterocycles. The highest BCUT2D eigenvalue weighted by atomic mass is 79.9. The quantitative estimate of drug-likeness (QED) is 0.403. The molecule has 0 fully saturated rings. The molecule has 1 amide bonds. The molecule has 2 aromatic rings. The van der Waals surface area contributed by atoms with Gasteiger partial charge in [0.2, 0.25) is 5.75 Å². The normalized spacial score (nSPS) is 12.0. The molecule has 0 aliphatic carbocycles. The van der Waals surface area contributed by atoms with Crippen molar-refractivity contribution >= 4 is 45.3 Å². The molecular formula is C16H13BrClN3O5. The fraction of sp³-hybridized carbons (Fsp3) is 0.125. The Morgan fingerprint density at radius 1 is 1.42 bits per heavy atom. The number of hydrogen-bond donors (Lipinski definition) is 2. The van der Waals surface area contributed by atoms with Crippen molar-refractivity contribution in [2.75, 3.05) is 0 Å². The van der Waals surface area contributed by atoms with E-state index in [9.17, 15) is 20.0 Å². The maximum absolute atomic E-state index is 12.0. The van der Waals surface area contributed by atoms with Gasteiger partial charge in [0.15, 0.2) is 6.10 Å². The van der Waals surface area contributed by atoms with E-state index in [1.54, 1.807) is 24.3 Å². The Bertz CT molecular complexity index is 858. The van der Waals surface area contributed by atoms with Gasteiger partial charge in [0.25, 0.3) is 5.91 Å². The summed E-state index contributed by atoms with van der Waals surface area (Å²) in [5.41, 5.74) is 1.83. The summed E-state index contributed by atoms with van der Waals surface area (Å²) in [5, 5.41) is 25.0. The minimum Gasteiger partial charge on any atom is -0.502 e. The summed E-state index contributed by atoms with van der Waals surface area (Å²) >= 11 is 8.88. The van der Waals surface area contributed by atoms with E-state index in [1.807, 2.05) is 0 Å². The molecule has 0 aliphatic heterocycles. The van der Waals surface area contributed by atoms with Gasteiger partial charge in [0.1, 0.15) is 5.75 Å². The van der Waals surface area contributed by atoms with E-state index in [4.69, 9.17) is 16.3 Å². The molecule has 0 radical (unpaired) electrons. The van der Waals surface area contributed by atoms with Crippen molar-refractivity contribution in [1.29, 1.82) is 0 Å². The number of nitrogens with one attached hydrogen (secondary N) is 1. The summed E-state index contributed by atoms with van der Waals surface area (Å²) < 4.78 is 5.82. The minimum absolute atomic E-state index is 0.0673. The van der Waals surface area contributed by atoms with Crippen LogP contribution in [0.3, 0.4) is 0 Å². The molecule has 2 rings (SSSR count). The summed E-state index contributed by atoms with van der Waals surface area (Å²) in [6.45, 7) is 1.53. The lowest BCUT2D eigenvalue weighted by atomic mass is 10.2. The van der Waals surface area contributed by atoms with Crippen LogP contribution in [-0.2, 0) is 4.79 Å². The number of phenolic OH excluding ortho intramolecular Hbond substituents is 1. The Balaban J connectivity index is 2.02.